The molecule has 0 bridgehead atoms. The summed E-state index contributed by atoms with van der Waals surface area (Å²) in [5.74, 6) is 0. The molecule has 0 radical (unpaired) electrons. The summed E-state index contributed by atoms with van der Waals surface area (Å²) in [6.45, 7) is 1.93. The van der Waals surface area contributed by atoms with Crippen LogP contribution in [0.2, 0.25) is 0 Å². The maximum atomic E-state index is 5.84. The van der Waals surface area contributed by atoms with E-state index < -0.39 is 0 Å². The first-order chi connectivity index (χ1) is 8.79. The van der Waals surface area contributed by atoms with Crippen molar-refractivity contribution >= 4 is 22.2 Å². The van der Waals surface area contributed by atoms with E-state index >= 15 is 0 Å². The van der Waals surface area contributed by atoms with Gasteiger partial charge in [-0.3, -0.25) is 0 Å². The van der Waals surface area contributed by atoms with Gasteiger partial charge in [-0.15, -0.1) is 11.3 Å². The second kappa shape index (κ2) is 3.72. The molecule has 4 heteroatoms. The Bertz CT molecular complexity index is 596. The lowest BCUT2D eigenvalue weighted by molar-refractivity contribution is 0.854. The van der Waals surface area contributed by atoms with E-state index in [4.69, 9.17) is 10.7 Å². The molecule has 3 nitrogen and oxygen atoms in total. The van der Waals surface area contributed by atoms with Crippen LogP contribution in [0.1, 0.15) is 28.1 Å². The number of fused-ring (bicyclic) bond motifs is 2. The van der Waals surface area contributed by atoms with Crippen LogP contribution in [-0.4, -0.2) is 4.98 Å². The van der Waals surface area contributed by atoms with E-state index in [-0.39, 0.29) is 0 Å². The summed E-state index contributed by atoms with van der Waals surface area (Å²) < 4.78 is 0. The summed E-state index contributed by atoms with van der Waals surface area (Å²) in [6, 6.07) is 6.23. The fraction of sp³-hybridized carbons (Fsp3) is 0.357. The van der Waals surface area contributed by atoms with Crippen molar-refractivity contribution in [3.63, 3.8) is 0 Å². The Balaban J connectivity index is 1.65. The van der Waals surface area contributed by atoms with Gasteiger partial charge in [0.2, 0.25) is 0 Å². The molecule has 4 rings (SSSR count). The number of thiazole rings is 1. The maximum Gasteiger partial charge on any atom is 0.186 e. The van der Waals surface area contributed by atoms with Crippen LogP contribution in [-0.2, 0) is 25.9 Å². The van der Waals surface area contributed by atoms with Crippen LogP contribution < -0.4 is 10.6 Å². The van der Waals surface area contributed by atoms with Crippen LogP contribution in [0.15, 0.2) is 18.2 Å². The Labute approximate surface area is 110 Å². The third-order valence-electron chi connectivity index (χ3n) is 3.81. The van der Waals surface area contributed by atoms with Gasteiger partial charge in [0.1, 0.15) is 0 Å². The van der Waals surface area contributed by atoms with Crippen molar-refractivity contribution < 1.29 is 0 Å². The number of rotatable bonds is 1. The van der Waals surface area contributed by atoms with Crippen LogP contribution in [0.5, 0.6) is 0 Å². The van der Waals surface area contributed by atoms with Crippen LogP contribution in [0.4, 0.5) is 10.8 Å². The first kappa shape index (κ1) is 10.4. The van der Waals surface area contributed by atoms with E-state index in [2.05, 4.69) is 17.0 Å². The zero-order valence-corrected chi connectivity index (χ0v) is 11.0. The van der Waals surface area contributed by atoms with Crippen molar-refractivity contribution in [2.45, 2.75) is 32.4 Å². The van der Waals surface area contributed by atoms with Crippen molar-refractivity contribution in [3.8, 4) is 0 Å². The molecule has 1 aromatic carbocycles. The number of hydrogen-bond donors (Lipinski definition) is 1. The van der Waals surface area contributed by atoms with Gasteiger partial charge in [-0.25, -0.2) is 4.98 Å². The lowest BCUT2D eigenvalue weighted by Gasteiger charge is -2.13. The van der Waals surface area contributed by atoms with Crippen molar-refractivity contribution in [1.82, 2.24) is 4.98 Å². The van der Waals surface area contributed by atoms with Gasteiger partial charge in [-0.2, -0.15) is 0 Å². The average molecular weight is 257 g/mol. The molecule has 0 saturated heterocycles. The molecule has 1 aliphatic heterocycles. The Kier molecular flexibility index (Phi) is 2.14. The molecule has 0 spiro atoms. The zero-order chi connectivity index (χ0) is 12.1. The molecule has 2 aromatic rings. The predicted molar refractivity (Wildman–Crippen MR) is 74.9 cm³/mol. The van der Waals surface area contributed by atoms with Gasteiger partial charge in [0, 0.05) is 23.7 Å². The summed E-state index contributed by atoms with van der Waals surface area (Å²) in [4.78, 5) is 8.66. The molecule has 0 fully saturated rings. The highest BCUT2D eigenvalue weighted by Gasteiger charge is 2.24. The fourth-order valence-electron chi connectivity index (χ4n) is 2.86. The van der Waals surface area contributed by atoms with E-state index in [1.54, 1.807) is 0 Å². The monoisotopic (exact) mass is 257 g/mol. The number of aryl methyl sites for hydroxylation is 2. The zero-order valence-electron chi connectivity index (χ0n) is 10.1. The maximum absolute atomic E-state index is 5.84. The Hall–Kier alpha value is -1.55. The molecule has 0 saturated carbocycles. The van der Waals surface area contributed by atoms with Crippen LogP contribution >= 0.6 is 11.3 Å². The minimum absolute atomic E-state index is 0.859. The highest BCUT2D eigenvalue weighted by atomic mass is 32.1. The molecule has 2 aliphatic rings. The minimum atomic E-state index is 0.859. The van der Waals surface area contributed by atoms with Crippen molar-refractivity contribution in [3.05, 3.63) is 39.9 Å². The van der Waals surface area contributed by atoms with Crippen molar-refractivity contribution in [2.24, 2.45) is 0 Å². The van der Waals surface area contributed by atoms with E-state index in [1.165, 1.54) is 46.1 Å². The van der Waals surface area contributed by atoms with Crippen LogP contribution in [0.3, 0.4) is 0 Å². The summed E-state index contributed by atoms with van der Waals surface area (Å²) in [5, 5.41) is 1.19. The molecule has 0 unspecified atom stereocenters. The number of nitrogens with zero attached hydrogens (tertiary/aromatic N) is 2. The van der Waals surface area contributed by atoms with E-state index in [0.717, 1.165) is 18.8 Å². The molecule has 0 amide bonds. The Morgan fingerprint density at radius 2 is 2.06 bits per heavy atom. The molecule has 1 aromatic heterocycles. The first-order valence-electron chi connectivity index (χ1n) is 6.40. The first-order valence-corrected chi connectivity index (χ1v) is 7.22. The second-order valence-corrected chi connectivity index (χ2v) is 6.17. The van der Waals surface area contributed by atoms with Crippen molar-refractivity contribution in [1.29, 1.82) is 0 Å². The second-order valence-electron chi connectivity index (χ2n) is 5.10. The smallest absolute Gasteiger partial charge is 0.186 e. The molecule has 0 atom stereocenters. The standard InChI is InChI=1S/C14H15N3S/c15-11-5-4-9-7-17(8-10(9)6-11)14-16-12-2-1-3-13(12)18-14/h4-6H,1-3,7-8,15H2. The number of benzene rings is 1. The van der Waals surface area contributed by atoms with E-state index in [1.807, 2.05) is 17.4 Å². The van der Waals surface area contributed by atoms with Gasteiger partial charge in [0.05, 0.1) is 5.69 Å². The van der Waals surface area contributed by atoms with Gasteiger partial charge < -0.3 is 10.6 Å². The van der Waals surface area contributed by atoms with Crippen LogP contribution in [0.25, 0.3) is 0 Å². The number of nitrogen functional groups attached to an aromatic ring is 1. The van der Waals surface area contributed by atoms with Gasteiger partial charge in [-0.05, 0) is 42.5 Å². The van der Waals surface area contributed by atoms with Gasteiger partial charge in [0.25, 0.3) is 0 Å². The lowest BCUT2D eigenvalue weighted by Crippen LogP contribution is -2.14. The van der Waals surface area contributed by atoms with Gasteiger partial charge >= 0.3 is 0 Å². The average Bonchev–Trinajstić information content (AvgIpc) is 2.99. The molecule has 1 aliphatic carbocycles. The van der Waals surface area contributed by atoms with Gasteiger partial charge in [-0.1, -0.05) is 6.07 Å². The number of aromatic nitrogens is 1. The fourth-order valence-corrected chi connectivity index (χ4v) is 4.01. The van der Waals surface area contributed by atoms with E-state index in [9.17, 15) is 0 Å². The number of anilines is 2. The quantitative estimate of drug-likeness (QED) is 0.799. The normalized spacial score (nSPS) is 17.0. The highest BCUT2D eigenvalue weighted by Crippen LogP contribution is 2.36. The minimum Gasteiger partial charge on any atom is -0.399 e. The summed E-state index contributed by atoms with van der Waals surface area (Å²) >= 11 is 1.88. The summed E-state index contributed by atoms with van der Waals surface area (Å²) in [7, 11) is 0. The third kappa shape index (κ3) is 1.52. The van der Waals surface area contributed by atoms with Gasteiger partial charge in [0.15, 0.2) is 5.13 Å². The molecule has 2 N–H and O–H groups in total. The largest absolute Gasteiger partial charge is 0.399 e. The third-order valence-corrected chi connectivity index (χ3v) is 5.03. The topological polar surface area (TPSA) is 42.1 Å². The Morgan fingerprint density at radius 3 is 2.94 bits per heavy atom. The predicted octanol–water partition coefficient (Wildman–Crippen LogP) is 2.73. The summed E-state index contributed by atoms with van der Waals surface area (Å²) in [6.07, 6.45) is 3.67. The van der Waals surface area contributed by atoms with E-state index in [0.29, 0.717) is 0 Å². The molecule has 2 heterocycles. The molecular weight excluding hydrogens is 242 g/mol. The summed E-state index contributed by atoms with van der Waals surface area (Å²) in [5.41, 5.74) is 10.8. The molecule has 92 valence electrons. The Morgan fingerprint density at radius 1 is 1.17 bits per heavy atom. The van der Waals surface area contributed by atoms with Crippen LogP contribution in [0, 0.1) is 0 Å². The highest BCUT2D eigenvalue weighted by molar-refractivity contribution is 7.15. The molecule has 18 heavy (non-hydrogen) atoms. The number of nitrogens with two attached hydrogens (primary N) is 1. The number of hydrogen-bond acceptors (Lipinski definition) is 4. The SMILES string of the molecule is Nc1ccc2c(c1)CN(c1nc3c(s1)CCC3)C2. The lowest BCUT2D eigenvalue weighted by atomic mass is 10.1. The molecular formula is C14H15N3S. The van der Waals surface area contributed by atoms with Crippen molar-refractivity contribution in [2.75, 3.05) is 10.6 Å².